The number of sulfonamides is 1. The summed E-state index contributed by atoms with van der Waals surface area (Å²) in [5.41, 5.74) is 1.61. The highest BCUT2D eigenvalue weighted by Gasteiger charge is 2.39. The molecule has 0 bridgehead atoms. The van der Waals surface area contributed by atoms with Crippen molar-refractivity contribution in [3.8, 4) is 0 Å². The minimum absolute atomic E-state index is 0.165. The largest absolute Gasteiger partial charge is 0.416 e. The quantitative estimate of drug-likeness (QED) is 0.621. The third-order valence-electron chi connectivity index (χ3n) is 5.16. The summed E-state index contributed by atoms with van der Waals surface area (Å²) in [4.78, 5) is -0.357. The summed E-state index contributed by atoms with van der Waals surface area (Å²) >= 11 is 0. The maximum absolute atomic E-state index is 13.4. The van der Waals surface area contributed by atoms with Crippen LogP contribution in [0.1, 0.15) is 28.4 Å². The van der Waals surface area contributed by atoms with Crippen molar-refractivity contribution in [3.05, 3.63) is 89.2 Å². The Morgan fingerprint density at radius 3 is 2.38 bits per heavy atom. The number of halogens is 3. The van der Waals surface area contributed by atoms with Crippen LogP contribution in [0.5, 0.6) is 0 Å². The number of aromatic nitrogens is 1. The van der Waals surface area contributed by atoms with E-state index in [2.05, 4.69) is 0 Å². The highest BCUT2D eigenvalue weighted by Crippen LogP contribution is 2.38. The highest BCUT2D eigenvalue weighted by molar-refractivity contribution is 7.89. The van der Waals surface area contributed by atoms with Crippen LogP contribution in [0.4, 0.5) is 13.2 Å². The standard InChI is InChI=1S/C21H19F3N2O2S/c1-15-7-9-16(10-8-15)20-19-6-3-11-25(19)12-13-26(20)29(27,28)18-5-2-4-17(14-18)21(22,23)24/h2-11,14,20H,12-13H2,1H3. The second-order valence-electron chi connectivity index (χ2n) is 7.08. The molecule has 0 spiro atoms. The number of benzene rings is 2. The van der Waals surface area contributed by atoms with Crippen LogP contribution in [0.25, 0.3) is 0 Å². The van der Waals surface area contributed by atoms with Crippen molar-refractivity contribution in [3.63, 3.8) is 0 Å². The minimum atomic E-state index is -4.61. The Labute approximate surface area is 167 Å². The summed E-state index contributed by atoms with van der Waals surface area (Å²) in [5, 5.41) is 0. The third kappa shape index (κ3) is 3.58. The molecule has 0 saturated heterocycles. The Balaban J connectivity index is 1.83. The van der Waals surface area contributed by atoms with Crippen LogP contribution in [0, 0.1) is 6.92 Å². The van der Waals surface area contributed by atoms with E-state index in [0.29, 0.717) is 12.6 Å². The average Bonchev–Trinajstić information content (AvgIpc) is 3.16. The van der Waals surface area contributed by atoms with Gasteiger partial charge in [0, 0.05) is 25.0 Å². The van der Waals surface area contributed by atoms with Crippen molar-refractivity contribution < 1.29 is 21.6 Å². The van der Waals surface area contributed by atoms with Crippen molar-refractivity contribution in [2.45, 2.75) is 30.6 Å². The van der Waals surface area contributed by atoms with Gasteiger partial charge >= 0.3 is 6.18 Å². The van der Waals surface area contributed by atoms with Crippen LogP contribution in [0.3, 0.4) is 0 Å². The van der Waals surface area contributed by atoms with Gasteiger partial charge in [0.05, 0.1) is 16.5 Å². The molecule has 8 heteroatoms. The first-order valence-electron chi connectivity index (χ1n) is 9.08. The summed E-state index contributed by atoms with van der Waals surface area (Å²) in [6.07, 6.45) is -2.73. The summed E-state index contributed by atoms with van der Waals surface area (Å²) in [7, 11) is -4.15. The molecule has 0 aliphatic carbocycles. The van der Waals surface area contributed by atoms with Crippen molar-refractivity contribution in [2.24, 2.45) is 0 Å². The molecule has 0 N–H and O–H groups in total. The monoisotopic (exact) mass is 420 g/mol. The zero-order valence-electron chi connectivity index (χ0n) is 15.6. The SMILES string of the molecule is Cc1ccc(C2c3cccn3CCN2S(=O)(=O)c2cccc(C(F)(F)F)c2)cc1. The molecule has 2 aromatic carbocycles. The van der Waals surface area contributed by atoms with E-state index in [0.717, 1.165) is 29.0 Å². The smallest absolute Gasteiger partial charge is 0.348 e. The molecule has 1 unspecified atom stereocenters. The van der Waals surface area contributed by atoms with Gasteiger partial charge in [-0.05, 0) is 42.8 Å². The van der Waals surface area contributed by atoms with Gasteiger partial charge < -0.3 is 4.57 Å². The molecule has 1 aliphatic heterocycles. The van der Waals surface area contributed by atoms with E-state index in [4.69, 9.17) is 0 Å². The molecule has 152 valence electrons. The average molecular weight is 420 g/mol. The molecule has 0 amide bonds. The van der Waals surface area contributed by atoms with Gasteiger partial charge in [-0.1, -0.05) is 35.9 Å². The number of aryl methyl sites for hydroxylation is 1. The van der Waals surface area contributed by atoms with E-state index in [-0.39, 0.29) is 11.4 Å². The third-order valence-corrected chi connectivity index (χ3v) is 7.02. The summed E-state index contributed by atoms with van der Waals surface area (Å²) in [6, 6.07) is 14.5. The second-order valence-corrected chi connectivity index (χ2v) is 8.97. The normalized spacial score (nSPS) is 17.9. The fraction of sp³-hybridized carbons (Fsp3) is 0.238. The molecule has 29 heavy (non-hydrogen) atoms. The first-order chi connectivity index (χ1) is 13.7. The minimum Gasteiger partial charge on any atom is -0.348 e. The van der Waals surface area contributed by atoms with Crippen molar-refractivity contribution in [1.82, 2.24) is 8.87 Å². The van der Waals surface area contributed by atoms with Gasteiger partial charge in [-0.2, -0.15) is 17.5 Å². The van der Waals surface area contributed by atoms with Crippen LogP contribution >= 0.6 is 0 Å². The number of hydrogen-bond acceptors (Lipinski definition) is 2. The highest BCUT2D eigenvalue weighted by atomic mass is 32.2. The van der Waals surface area contributed by atoms with Crippen LogP contribution in [-0.2, 0) is 22.7 Å². The van der Waals surface area contributed by atoms with Gasteiger partial charge in [0.25, 0.3) is 0 Å². The number of alkyl halides is 3. The van der Waals surface area contributed by atoms with Gasteiger partial charge in [-0.15, -0.1) is 0 Å². The van der Waals surface area contributed by atoms with Crippen molar-refractivity contribution >= 4 is 10.0 Å². The lowest BCUT2D eigenvalue weighted by Gasteiger charge is -2.36. The predicted octanol–water partition coefficient (Wildman–Crippen LogP) is 4.61. The van der Waals surface area contributed by atoms with Crippen LogP contribution in [0.15, 0.2) is 71.8 Å². The fourth-order valence-corrected chi connectivity index (χ4v) is 5.30. The lowest BCUT2D eigenvalue weighted by atomic mass is 10.0. The Morgan fingerprint density at radius 1 is 0.966 bits per heavy atom. The molecule has 0 radical (unpaired) electrons. The molecular formula is C21H19F3N2O2S. The van der Waals surface area contributed by atoms with E-state index < -0.39 is 27.8 Å². The van der Waals surface area contributed by atoms with Crippen LogP contribution in [0.2, 0.25) is 0 Å². The number of rotatable bonds is 3. The molecule has 1 aromatic heterocycles. The fourth-order valence-electron chi connectivity index (χ4n) is 3.68. The first kappa shape index (κ1) is 19.7. The Kier molecular flexibility index (Phi) is 4.78. The first-order valence-corrected chi connectivity index (χ1v) is 10.5. The second kappa shape index (κ2) is 7.03. The molecule has 4 nitrogen and oxygen atoms in total. The van der Waals surface area contributed by atoms with Gasteiger partial charge in [0.1, 0.15) is 0 Å². The molecular weight excluding hydrogens is 401 g/mol. The Bertz CT molecular complexity index is 1140. The number of nitrogens with zero attached hydrogens (tertiary/aromatic N) is 2. The van der Waals surface area contributed by atoms with Gasteiger partial charge in [-0.25, -0.2) is 8.42 Å². The van der Waals surface area contributed by atoms with E-state index in [1.807, 2.05) is 54.1 Å². The van der Waals surface area contributed by atoms with Gasteiger partial charge in [0.2, 0.25) is 10.0 Å². The topological polar surface area (TPSA) is 42.3 Å². The molecule has 4 rings (SSSR count). The van der Waals surface area contributed by atoms with Crippen molar-refractivity contribution in [1.29, 1.82) is 0 Å². The van der Waals surface area contributed by atoms with E-state index >= 15 is 0 Å². The van der Waals surface area contributed by atoms with E-state index in [1.165, 1.54) is 10.4 Å². The van der Waals surface area contributed by atoms with Gasteiger partial charge in [0.15, 0.2) is 0 Å². The summed E-state index contributed by atoms with van der Waals surface area (Å²) in [6.45, 7) is 2.53. The molecule has 1 atom stereocenters. The maximum atomic E-state index is 13.4. The van der Waals surface area contributed by atoms with Crippen molar-refractivity contribution in [2.75, 3.05) is 6.54 Å². The lowest BCUT2D eigenvalue weighted by molar-refractivity contribution is -0.137. The molecule has 0 fully saturated rings. The molecule has 3 aromatic rings. The molecule has 2 heterocycles. The molecule has 0 saturated carbocycles. The van der Waals surface area contributed by atoms with Gasteiger partial charge in [-0.3, -0.25) is 0 Å². The zero-order chi connectivity index (χ0) is 20.8. The Morgan fingerprint density at radius 2 is 1.69 bits per heavy atom. The zero-order valence-corrected chi connectivity index (χ0v) is 16.4. The predicted molar refractivity (Wildman–Crippen MR) is 103 cm³/mol. The summed E-state index contributed by atoms with van der Waals surface area (Å²) in [5.74, 6) is 0. The van der Waals surface area contributed by atoms with E-state index in [1.54, 1.807) is 0 Å². The van der Waals surface area contributed by atoms with Crippen LogP contribution in [-0.4, -0.2) is 23.8 Å². The van der Waals surface area contributed by atoms with Crippen LogP contribution < -0.4 is 0 Å². The number of fused-ring (bicyclic) bond motifs is 1. The summed E-state index contributed by atoms with van der Waals surface area (Å²) < 4.78 is 69.4. The Hall–Kier alpha value is -2.58. The number of hydrogen-bond donors (Lipinski definition) is 0. The maximum Gasteiger partial charge on any atom is 0.416 e. The lowest BCUT2D eigenvalue weighted by Crippen LogP contribution is -2.42. The molecule has 1 aliphatic rings. The van der Waals surface area contributed by atoms with E-state index in [9.17, 15) is 21.6 Å².